The molecule has 0 amide bonds. The van der Waals surface area contributed by atoms with Crippen LogP contribution < -0.4 is 5.32 Å². The molecule has 25 heavy (non-hydrogen) atoms. The molecule has 0 saturated carbocycles. The number of benzene rings is 2. The summed E-state index contributed by atoms with van der Waals surface area (Å²) >= 11 is 0. The summed E-state index contributed by atoms with van der Waals surface area (Å²) in [7, 11) is 0. The average molecular weight is 335 g/mol. The molecule has 1 fully saturated rings. The van der Waals surface area contributed by atoms with Crippen molar-refractivity contribution >= 4 is 16.7 Å². The van der Waals surface area contributed by atoms with Gasteiger partial charge in [0.15, 0.2) is 6.04 Å². The number of carbonyl (C=O) groups excluding carboxylic acids is 1. The second-order valence-electron chi connectivity index (χ2n) is 6.61. The Balaban J connectivity index is 1.63. The first-order valence-corrected chi connectivity index (χ1v) is 8.93. The number of aromatic amines is 1. The normalized spacial score (nSPS) is 18.5. The van der Waals surface area contributed by atoms with Crippen molar-refractivity contribution in [2.75, 3.05) is 13.2 Å². The minimum atomic E-state index is -0.246. The number of nitrogens with one attached hydrogen (secondary N) is 1. The van der Waals surface area contributed by atoms with Gasteiger partial charge in [0.05, 0.1) is 0 Å². The zero-order valence-electron chi connectivity index (χ0n) is 14.2. The second-order valence-corrected chi connectivity index (χ2v) is 6.61. The van der Waals surface area contributed by atoms with Crippen LogP contribution in [0.1, 0.15) is 34.8 Å². The lowest BCUT2D eigenvalue weighted by molar-refractivity contribution is -0.686. The van der Waals surface area contributed by atoms with Gasteiger partial charge < -0.3 is 15.0 Å². The largest absolute Gasteiger partial charge is 0.372 e. The van der Waals surface area contributed by atoms with Gasteiger partial charge in [-0.3, -0.25) is 4.79 Å². The molecule has 1 saturated heterocycles. The third-order valence-corrected chi connectivity index (χ3v) is 4.95. The summed E-state index contributed by atoms with van der Waals surface area (Å²) in [6.07, 6.45) is 4.29. The first-order valence-electron chi connectivity index (χ1n) is 8.93. The summed E-state index contributed by atoms with van der Waals surface area (Å²) in [6, 6.07) is 17.7. The molecule has 3 aromatic rings. The zero-order valence-corrected chi connectivity index (χ0v) is 14.2. The molecule has 0 unspecified atom stereocenters. The van der Waals surface area contributed by atoms with Crippen LogP contribution in [0.25, 0.3) is 10.9 Å². The highest BCUT2D eigenvalue weighted by Crippen LogP contribution is 2.23. The van der Waals surface area contributed by atoms with Crippen molar-refractivity contribution in [1.29, 1.82) is 0 Å². The van der Waals surface area contributed by atoms with Crippen molar-refractivity contribution in [2.45, 2.75) is 25.0 Å². The van der Waals surface area contributed by atoms with Gasteiger partial charge in [-0.2, -0.15) is 0 Å². The van der Waals surface area contributed by atoms with E-state index < -0.39 is 0 Å². The number of H-pyrrole nitrogens is 1. The van der Waals surface area contributed by atoms with Gasteiger partial charge in [-0.05, 0) is 18.9 Å². The Morgan fingerprint density at radius 1 is 1.16 bits per heavy atom. The number of hydrogen-bond acceptors (Lipinski definition) is 2. The summed E-state index contributed by atoms with van der Waals surface area (Å²) in [4.78, 5) is 16.5. The molecule has 4 heteroatoms. The lowest BCUT2D eigenvalue weighted by atomic mass is 9.96. The SMILES string of the molecule is O=C(c1c[nH]c2ccccc12)[C@H]([NH2+]C[C@H]1CCCO1)c1ccccc1. The monoisotopic (exact) mass is 335 g/mol. The van der Waals surface area contributed by atoms with Crippen molar-refractivity contribution < 1.29 is 14.8 Å². The molecule has 1 aliphatic heterocycles. The maximum Gasteiger partial charge on any atom is 0.226 e. The smallest absolute Gasteiger partial charge is 0.226 e. The van der Waals surface area contributed by atoms with Crippen molar-refractivity contribution in [1.82, 2.24) is 4.98 Å². The van der Waals surface area contributed by atoms with Crippen LogP contribution in [0.2, 0.25) is 0 Å². The van der Waals surface area contributed by atoms with E-state index in [9.17, 15) is 4.79 Å². The number of fused-ring (bicyclic) bond motifs is 1. The zero-order chi connectivity index (χ0) is 17.1. The maximum atomic E-state index is 13.3. The molecular formula is C21H23N2O2+. The molecule has 2 atom stereocenters. The highest BCUT2D eigenvalue weighted by atomic mass is 16.5. The maximum absolute atomic E-state index is 13.3. The molecule has 4 rings (SSSR count). The third kappa shape index (κ3) is 3.36. The molecular weight excluding hydrogens is 312 g/mol. The summed E-state index contributed by atoms with van der Waals surface area (Å²) in [5, 5.41) is 3.12. The van der Waals surface area contributed by atoms with Gasteiger partial charge in [-0.25, -0.2) is 0 Å². The number of hydrogen-bond donors (Lipinski definition) is 2. The number of para-hydroxylation sites is 1. The number of rotatable bonds is 6. The van der Waals surface area contributed by atoms with E-state index in [1.54, 1.807) is 0 Å². The fourth-order valence-corrected chi connectivity index (χ4v) is 3.62. The number of ether oxygens (including phenoxy) is 1. The Morgan fingerprint density at radius 3 is 2.76 bits per heavy atom. The van der Waals surface area contributed by atoms with Crippen molar-refractivity contribution in [2.24, 2.45) is 0 Å². The van der Waals surface area contributed by atoms with Gasteiger partial charge in [0.25, 0.3) is 0 Å². The van der Waals surface area contributed by atoms with Gasteiger partial charge in [-0.15, -0.1) is 0 Å². The summed E-state index contributed by atoms with van der Waals surface area (Å²) < 4.78 is 5.73. The molecule has 0 radical (unpaired) electrons. The number of carbonyl (C=O) groups is 1. The Hall–Kier alpha value is -2.43. The Bertz CT molecular complexity index is 850. The molecule has 1 aromatic heterocycles. The van der Waals surface area contributed by atoms with Gasteiger partial charge >= 0.3 is 0 Å². The molecule has 3 N–H and O–H groups in total. The minimum Gasteiger partial charge on any atom is -0.372 e. The van der Waals surface area contributed by atoms with E-state index in [1.165, 1.54) is 0 Å². The van der Waals surface area contributed by atoms with Crippen LogP contribution in [0.5, 0.6) is 0 Å². The fraction of sp³-hybridized carbons (Fsp3) is 0.286. The molecule has 2 heterocycles. The van der Waals surface area contributed by atoms with Gasteiger partial charge in [-0.1, -0.05) is 48.5 Å². The lowest BCUT2D eigenvalue weighted by Gasteiger charge is -2.17. The topological polar surface area (TPSA) is 58.7 Å². The molecule has 0 bridgehead atoms. The first kappa shape index (κ1) is 16.1. The minimum absolute atomic E-state index is 0.140. The molecule has 4 nitrogen and oxygen atoms in total. The number of quaternary nitrogens is 1. The van der Waals surface area contributed by atoms with Gasteiger partial charge in [0, 0.05) is 34.8 Å². The number of ketones is 1. The van der Waals surface area contributed by atoms with Crippen LogP contribution in [0.15, 0.2) is 60.8 Å². The van der Waals surface area contributed by atoms with Crippen LogP contribution in [0.4, 0.5) is 0 Å². The van der Waals surface area contributed by atoms with Crippen LogP contribution in [-0.4, -0.2) is 30.0 Å². The van der Waals surface area contributed by atoms with Gasteiger partial charge in [0.1, 0.15) is 12.6 Å². The Labute approximate surface area is 147 Å². The van der Waals surface area contributed by atoms with E-state index in [1.807, 2.05) is 60.8 Å². The number of Topliss-reactive ketones (excluding diaryl/α,β-unsaturated/α-hetero) is 1. The highest BCUT2D eigenvalue weighted by molar-refractivity contribution is 6.09. The summed E-state index contributed by atoms with van der Waals surface area (Å²) in [5.74, 6) is 0.140. The first-order chi connectivity index (χ1) is 12.3. The quantitative estimate of drug-likeness (QED) is 0.681. The Morgan fingerprint density at radius 2 is 1.96 bits per heavy atom. The van der Waals surface area contributed by atoms with E-state index in [0.717, 1.165) is 48.0 Å². The fourth-order valence-electron chi connectivity index (χ4n) is 3.62. The molecule has 2 aromatic carbocycles. The number of aromatic nitrogens is 1. The summed E-state index contributed by atoms with van der Waals surface area (Å²) in [6.45, 7) is 1.65. The van der Waals surface area contributed by atoms with Crippen molar-refractivity contribution in [3.05, 3.63) is 71.9 Å². The van der Waals surface area contributed by atoms with E-state index in [-0.39, 0.29) is 17.9 Å². The molecule has 128 valence electrons. The third-order valence-electron chi connectivity index (χ3n) is 4.95. The molecule has 0 spiro atoms. The van der Waals surface area contributed by atoms with Crippen LogP contribution in [0, 0.1) is 0 Å². The Kier molecular flexibility index (Phi) is 4.63. The van der Waals surface area contributed by atoms with Crippen molar-refractivity contribution in [3.8, 4) is 0 Å². The van der Waals surface area contributed by atoms with Crippen molar-refractivity contribution in [3.63, 3.8) is 0 Å². The van der Waals surface area contributed by atoms with E-state index in [4.69, 9.17) is 4.74 Å². The molecule has 0 aliphatic carbocycles. The average Bonchev–Trinajstić information content (AvgIpc) is 3.32. The van der Waals surface area contributed by atoms with E-state index in [0.29, 0.717) is 0 Å². The van der Waals surface area contributed by atoms with E-state index >= 15 is 0 Å². The lowest BCUT2D eigenvalue weighted by Crippen LogP contribution is -2.88. The number of nitrogens with two attached hydrogens (primary N) is 1. The summed E-state index contributed by atoms with van der Waals surface area (Å²) in [5.41, 5.74) is 2.79. The predicted octanol–water partition coefficient (Wildman–Crippen LogP) is 2.83. The standard InChI is InChI=1S/C21H22N2O2/c24-21(18-14-22-19-11-5-4-10-17(18)19)20(15-7-2-1-3-8-15)23-13-16-9-6-12-25-16/h1-5,7-8,10-11,14,16,20,22-23H,6,9,12-13H2/p+1/t16-,20-/m1/s1. The second kappa shape index (κ2) is 7.21. The van der Waals surface area contributed by atoms with E-state index in [2.05, 4.69) is 10.3 Å². The van der Waals surface area contributed by atoms with Crippen LogP contribution >= 0.6 is 0 Å². The van der Waals surface area contributed by atoms with Gasteiger partial charge in [0.2, 0.25) is 5.78 Å². The van der Waals surface area contributed by atoms with Crippen LogP contribution in [-0.2, 0) is 4.74 Å². The molecule has 1 aliphatic rings. The predicted molar refractivity (Wildman–Crippen MR) is 97.6 cm³/mol. The highest BCUT2D eigenvalue weighted by Gasteiger charge is 2.29. The van der Waals surface area contributed by atoms with Crippen LogP contribution in [0.3, 0.4) is 0 Å².